The van der Waals surface area contributed by atoms with Crippen LogP contribution in [0, 0.1) is 24.2 Å². The first kappa shape index (κ1) is 11.7. The lowest BCUT2D eigenvalue weighted by atomic mass is 9.97. The normalized spacial score (nSPS) is 16.6. The molecule has 0 atom stereocenters. The van der Waals surface area contributed by atoms with Gasteiger partial charge in [-0.25, -0.2) is 0 Å². The maximum Gasteiger partial charge on any atom is 0.123 e. The first-order chi connectivity index (χ1) is 8.24. The monoisotopic (exact) mass is 228 g/mol. The molecule has 1 aromatic carbocycles. The van der Waals surface area contributed by atoms with Crippen molar-refractivity contribution in [1.82, 2.24) is 0 Å². The molecule has 1 aliphatic heterocycles. The van der Waals surface area contributed by atoms with E-state index in [0.717, 1.165) is 49.0 Å². The second kappa shape index (κ2) is 5.01. The molecule has 3 nitrogen and oxygen atoms in total. The number of aldehydes is 1. The zero-order valence-electron chi connectivity index (χ0n) is 10.0. The fourth-order valence-electron chi connectivity index (χ4n) is 2.29. The van der Waals surface area contributed by atoms with Crippen LogP contribution in [-0.4, -0.2) is 19.4 Å². The van der Waals surface area contributed by atoms with Gasteiger partial charge in [-0.1, -0.05) is 6.07 Å². The van der Waals surface area contributed by atoms with E-state index in [1.807, 2.05) is 25.1 Å². The molecule has 1 aliphatic rings. The predicted octanol–water partition coefficient (Wildman–Crippen LogP) is 2.28. The minimum Gasteiger partial charge on any atom is -0.370 e. The van der Waals surface area contributed by atoms with Gasteiger partial charge in [-0.05, 0) is 37.5 Å². The highest BCUT2D eigenvalue weighted by Crippen LogP contribution is 2.26. The van der Waals surface area contributed by atoms with Crippen LogP contribution in [0.25, 0.3) is 0 Å². The Balaban J connectivity index is 2.19. The number of rotatable bonds is 2. The second-order valence-corrected chi connectivity index (χ2v) is 4.59. The van der Waals surface area contributed by atoms with Gasteiger partial charge >= 0.3 is 0 Å². The maximum absolute atomic E-state index is 10.7. The molecule has 0 saturated carbocycles. The summed E-state index contributed by atoms with van der Waals surface area (Å²) in [6.45, 7) is 3.71. The van der Waals surface area contributed by atoms with Crippen LogP contribution in [0.5, 0.6) is 0 Å². The average Bonchev–Trinajstić information content (AvgIpc) is 2.39. The van der Waals surface area contributed by atoms with E-state index in [2.05, 4.69) is 11.0 Å². The van der Waals surface area contributed by atoms with Gasteiger partial charge in [-0.15, -0.1) is 0 Å². The van der Waals surface area contributed by atoms with E-state index >= 15 is 0 Å². The van der Waals surface area contributed by atoms with Crippen molar-refractivity contribution in [2.45, 2.75) is 19.8 Å². The smallest absolute Gasteiger partial charge is 0.123 e. The van der Waals surface area contributed by atoms with Crippen LogP contribution in [0.2, 0.25) is 0 Å². The molecule has 0 aromatic heterocycles. The van der Waals surface area contributed by atoms with Crippen LogP contribution in [0.3, 0.4) is 0 Å². The van der Waals surface area contributed by atoms with E-state index in [9.17, 15) is 4.79 Å². The third-order valence-electron chi connectivity index (χ3n) is 3.35. The highest BCUT2D eigenvalue weighted by atomic mass is 16.1. The molecule has 2 rings (SSSR count). The molecule has 0 spiro atoms. The van der Waals surface area contributed by atoms with Gasteiger partial charge in [0, 0.05) is 19.0 Å². The molecule has 1 aromatic rings. The summed E-state index contributed by atoms with van der Waals surface area (Å²) in [5.74, 6) is 0.197. The number of carbonyl (C=O) groups is 1. The topological polar surface area (TPSA) is 44.1 Å². The molecule has 1 fully saturated rings. The van der Waals surface area contributed by atoms with E-state index < -0.39 is 0 Å². The Morgan fingerprint density at radius 1 is 1.41 bits per heavy atom. The largest absolute Gasteiger partial charge is 0.370 e. The van der Waals surface area contributed by atoms with Crippen molar-refractivity contribution in [2.75, 3.05) is 18.0 Å². The lowest BCUT2D eigenvalue weighted by Gasteiger charge is -2.32. The summed E-state index contributed by atoms with van der Waals surface area (Å²) >= 11 is 0. The number of hydrogen-bond donors (Lipinski definition) is 0. The predicted molar refractivity (Wildman–Crippen MR) is 66.9 cm³/mol. The Hall–Kier alpha value is -1.82. The first-order valence-electron chi connectivity index (χ1n) is 5.95. The van der Waals surface area contributed by atoms with Crippen molar-refractivity contribution < 1.29 is 4.79 Å². The van der Waals surface area contributed by atoms with E-state index in [1.54, 1.807) is 0 Å². The second-order valence-electron chi connectivity index (χ2n) is 4.59. The Morgan fingerprint density at radius 2 is 2.12 bits per heavy atom. The quantitative estimate of drug-likeness (QED) is 0.729. The number of nitrogens with zero attached hydrogens (tertiary/aromatic N) is 2. The number of piperidine rings is 1. The molecule has 0 amide bonds. The van der Waals surface area contributed by atoms with Crippen molar-refractivity contribution in [2.24, 2.45) is 5.92 Å². The fraction of sp³-hybridized carbons (Fsp3) is 0.429. The van der Waals surface area contributed by atoms with Crippen molar-refractivity contribution in [3.8, 4) is 6.07 Å². The van der Waals surface area contributed by atoms with Crippen LogP contribution in [0.15, 0.2) is 18.2 Å². The summed E-state index contributed by atoms with van der Waals surface area (Å²) in [6, 6.07) is 8.20. The molecule has 0 bridgehead atoms. The van der Waals surface area contributed by atoms with Gasteiger partial charge in [0.15, 0.2) is 0 Å². The number of carbonyl (C=O) groups excluding carboxylic acids is 1. The third-order valence-corrected chi connectivity index (χ3v) is 3.35. The van der Waals surface area contributed by atoms with Crippen molar-refractivity contribution in [1.29, 1.82) is 5.26 Å². The van der Waals surface area contributed by atoms with E-state index in [0.29, 0.717) is 0 Å². The zero-order chi connectivity index (χ0) is 12.3. The van der Waals surface area contributed by atoms with Gasteiger partial charge in [0.05, 0.1) is 11.3 Å². The summed E-state index contributed by atoms with van der Waals surface area (Å²) in [5, 5.41) is 9.14. The van der Waals surface area contributed by atoms with E-state index in [4.69, 9.17) is 5.26 Å². The summed E-state index contributed by atoms with van der Waals surface area (Å²) < 4.78 is 0. The molecular weight excluding hydrogens is 212 g/mol. The highest BCUT2D eigenvalue weighted by molar-refractivity contribution is 5.61. The molecule has 0 aliphatic carbocycles. The average molecular weight is 228 g/mol. The molecule has 3 heteroatoms. The van der Waals surface area contributed by atoms with Crippen LogP contribution < -0.4 is 4.90 Å². The molecular formula is C14H16N2O. The summed E-state index contributed by atoms with van der Waals surface area (Å²) in [6.07, 6.45) is 2.84. The minimum atomic E-state index is 0.197. The van der Waals surface area contributed by atoms with Crippen molar-refractivity contribution in [3.05, 3.63) is 29.3 Å². The van der Waals surface area contributed by atoms with Gasteiger partial charge in [-0.2, -0.15) is 5.26 Å². The number of hydrogen-bond acceptors (Lipinski definition) is 3. The lowest BCUT2D eigenvalue weighted by Crippen LogP contribution is -2.34. The van der Waals surface area contributed by atoms with Gasteiger partial charge in [-0.3, -0.25) is 0 Å². The molecule has 17 heavy (non-hydrogen) atoms. The van der Waals surface area contributed by atoms with Gasteiger partial charge in [0.2, 0.25) is 0 Å². The van der Waals surface area contributed by atoms with Gasteiger partial charge in [0.25, 0.3) is 0 Å². The standard InChI is InChI=1S/C14H16N2O/c1-11-2-3-14(13(8-11)9-15)16-6-4-12(10-17)5-7-16/h2-3,8,10,12H,4-7H2,1H3. The molecule has 0 unspecified atom stereocenters. The van der Waals surface area contributed by atoms with Gasteiger partial charge < -0.3 is 9.69 Å². The highest BCUT2D eigenvalue weighted by Gasteiger charge is 2.20. The van der Waals surface area contributed by atoms with Crippen LogP contribution in [0.4, 0.5) is 5.69 Å². The molecule has 1 saturated heterocycles. The van der Waals surface area contributed by atoms with E-state index in [-0.39, 0.29) is 5.92 Å². The minimum absolute atomic E-state index is 0.197. The van der Waals surface area contributed by atoms with Crippen molar-refractivity contribution >= 4 is 12.0 Å². The van der Waals surface area contributed by atoms with E-state index in [1.165, 1.54) is 0 Å². The van der Waals surface area contributed by atoms with Gasteiger partial charge in [0.1, 0.15) is 12.4 Å². The number of nitriles is 1. The Kier molecular flexibility index (Phi) is 3.43. The summed E-state index contributed by atoms with van der Waals surface area (Å²) in [5.41, 5.74) is 2.84. The summed E-state index contributed by atoms with van der Waals surface area (Å²) in [7, 11) is 0. The van der Waals surface area contributed by atoms with Crippen LogP contribution in [-0.2, 0) is 4.79 Å². The molecule has 0 N–H and O–H groups in total. The molecule has 88 valence electrons. The molecule has 0 radical (unpaired) electrons. The Bertz CT molecular complexity index is 454. The number of benzene rings is 1. The number of aryl methyl sites for hydroxylation is 1. The zero-order valence-corrected chi connectivity index (χ0v) is 10.0. The molecule has 1 heterocycles. The van der Waals surface area contributed by atoms with Crippen LogP contribution in [0.1, 0.15) is 24.0 Å². The van der Waals surface area contributed by atoms with Crippen molar-refractivity contribution in [3.63, 3.8) is 0 Å². The summed E-state index contributed by atoms with van der Waals surface area (Å²) in [4.78, 5) is 12.9. The fourth-order valence-corrected chi connectivity index (χ4v) is 2.29. The van der Waals surface area contributed by atoms with Crippen LogP contribution >= 0.6 is 0 Å². The Morgan fingerprint density at radius 3 is 2.71 bits per heavy atom. The lowest BCUT2D eigenvalue weighted by molar-refractivity contribution is -0.111. The first-order valence-corrected chi connectivity index (χ1v) is 5.95. The third kappa shape index (κ3) is 2.47. The maximum atomic E-state index is 10.7. The number of anilines is 1. The Labute approximate surface area is 102 Å². The SMILES string of the molecule is Cc1ccc(N2CCC(C=O)CC2)c(C#N)c1.